The van der Waals surface area contributed by atoms with Crippen molar-refractivity contribution in [3.05, 3.63) is 71.3 Å². The van der Waals surface area contributed by atoms with Crippen LogP contribution >= 0.6 is 0 Å². The van der Waals surface area contributed by atoms with Crippen LogP contribution in [0.1, 0.15) is 48.5 Å². The summed E-state index contributed by atoms with van der Waals surface area (Å²) in [5.41, 5.74) is 3.42. The molecule has 2 aromatic carbocycles. The molecule has 2 rings (SSSR count). The fourth-order valence-corrected chi connectivity index (χ4v) is 2.54. The van der Waals surface area contributed by atoms with Gasteiger partial charge in [0.1, 0.15) is 0 Å². The first-order valence-corrected chi connectivity index (χ1v) is 8.71. The number of methoxy groups -OCH3 is 1. The molecular weight excluding hydrogens is 310 g/mol. The molecule has 0 atom stereocenters. The second-order valence-electron chi connectivity index (χ2n) is 5.85. The molecule has 0 saturated carbocycles. The van der Waals surface area contributed by atoms with E-state index >= 15 is 0 Å². The van der Waals surface area contributed by atoms with Gasteiger partial charge in [-0.25, -0.2) is 4.79 Å². The molecule has 25 heavy (non-hydrogen) atoms. The van der Waals surface area contributed by atoms with Crippen LogP contribution < -0.4 is 0 Å². The third-order valence-electron chi connectivity index (χ3n) is 3.90. The van der Waals surface area contributed by atoms with Crippen molar-refractivity contribution in [2.24, 2.45) is 4.99 Å². The minimum absolute atomic E-state index is 0.368. The highest BCUT2D eigenvalue weighted by Crippen LogP contribution is 2.20. The average molecular weight is 335 g/mol. The summed E-state index contributed by atoms with van der Waals surface area (Å²) < 4.78 is 4.83. The maximum atomic E-state index is 11.9. The van der Waals surface area contributed by atoms with Gasteiger partial charge in [-0.05, 0) is 36.1 Å². The first-order valence-electron chi connectivity index (χ1n) is 8.71. The van der Waals surface area contributed by atoms with Gasteiger partial charge in [0, 0.05) is 6.21 Å². The van der Waals surface area contributed by atoms with Crippen LogP contribution in [0.2, 0.25) is 0 Å². The van der Waals surface area contributed by atoms with Crippen molar-refractivity contribution in [1.82, 2.24) is 0 Å². The highest BCUT2D eigenvalue weighted by atomic mass is 16.5. The monoisotopic (exact) mass is 335 g/mol. The van der Waals surface area contributed by atoms with Gasteiger partial charge in [-0.15, -0.1) is 0 Å². The maximum Gasteiger partial charge on any atom is 0.340 e. The van der Waals surface area contributed by atoms with Crippen LogP contribution in [0, 0.1) is 0 Å². The highest BCUT2D eigenvalue weighted by Gasteiger charge is 2.09. The third-order valence-corrected chi connectivity index (χ3v) is 3.90. The molecule has 0 heterocycles. The minimum atomic E-state index is -0.368. The molecule has 0 aromatic heterocycles. The van der Waals surface area contributed by atoms with Crippen molar-refractivity contribution < 1.29 is 9.53 Å². The van der Waals surface area contributed by atoms with E-state index in [1.165, 1.54) is 20.0 Å². The Balaban J connectivity index is 2.25. The van der Waals surface area contributed by atoms with Crippen molar-refractivity contribution in [2.45, 2.75) is 32.6 Å². The van der Waals surface area contributed by atoms with E-state index in [4.69, 9.17) is 4.74 Å². The predicted molar refractivity (Wildman–Crippen MR) is 104 cm³/mol. The van der Waals surface area contributed by atoms with Crippen LogP contribution in [0.15, 0.2) is 65.2 Å². The molecule has 0 bridgehead atoms. The zero-order valence-electron chi connectivity index (χ0n) is 14.9. The van der Waals surface area contributed by atoms with E-state index in [0.29, 0.717) is 11.3 Å². The molecule has 3 heteroatoms. The molecule has 0 radical (unpaired) electrons. The van der Waals surface area contributed by atoms with Gasteiger partial charge in [-0.3, -0.25) is 4.99 Å². The first kappa shape index (κ1) is 18.7. The van der Waals surface area contributed by atoms with E-state index in [1.54, 1.807) is 6.07 Å². The van der Waals surface area contributed by atoms with Crippen LogP contribution in [-0.4, -0.2) is 19.3 Å². The van der Waals surface area contributed by atoms with Crippen LogP contribution in [0.3, 0.4) is 0 Å². The molecular formula is C22H25NO2. The molecule has 0 aliphatic carbocycles. The van der Waals surface area contributed by atoms with Crippen LogP contribution in [-0.2, 0) is 4.74 Å². The van der Waals surface area contributed by atoms with Crippen LogP contribution in [0.25, 0.3) is 6.08 Å². The second-order valence-corrected chi connectivity index (χ2v) is 5.85. The Morgan fingerprint density at radius 1 is 1.04 bits per heavy atom. The Morgan fingerprint density at radius 2 is 1.76 bits per heavy atom. The van der Waals surface area contributed by atoms with Gasteiger partial charge < -0.3 is 4.74 Å². The van der Waals surface area contributed by atoms with E-state index in [1.807, 2.05) is 42.6 Å². The van der Waals surface area contributed by atoms with Crippen molar-refractivity contribution >= 4 is 23.9 Å². The summed E-state index contributed by atoms with van der Waals surface area (Å²) in [6.45, 7) is 2.20. The molecule has 0 spiro atoms. The zero-order valence-corrected chi connectivity index (χ0v) is 14.9. The molecule has 0 aliphatic heterocycles. The Bertz CT molecular complexity index is 733. The zero-order chi connectivity index (χ0) is 17.9. The van der Waals surface area contributed by atoms with Gasteiger partial charge in [-0.2, -0.15) is 0 Å². The number of para-hydroxylation sites is 1. The topological polar surface area (TPSA) is 38.7 Å². The third kappa shape index (κ3) is 6.03. The molecule has 130 valence electrons. The number of aliphatic imine (C=N–C) groups is 1. The molecule has 0 amide bonds. The van der Waals surface area contributed by atoms with Crippen LogP contribution in [0.4, 0.5) is 5.69 Å². The highest BCUT2D eigenvalue weighted by molar-refractivity contribution is 5.96. The summed E-state index contributed by atoms with van der Waals surface area (Å²) in [6.07, 6.45) is 8.48. The SMILES string of the molecule is CCCCCC(/C=N/c1ccccc1C(=O)OC)=C\c1ccccc1. The van der Waals surface area contributed by atoms with E-state index in [-0.39, 0.29) is 5.97 Å². The summed E-state index contributed by atoms with van der Waals surface area (Å²) in [7, 11) is 1.38. The average Bonchev–Trinajstić information content (AvgIpc) is 2.66. The fraction of sp³-hybridized carbons (Fsp3) is 0.273. The Kier molecular flexibility index (Phi) is 7.64. The number of hydrogen-bond donors (Lipinski definition) is 0. The van der Waals surface area contributed by atoms with Crippen LogP contribution in [0.5, 0.6) is 0 Å². The quantitative estimate of drug-likeness (QED) is 0.345. The van der Waals surface area contributed by atoms with Gasteiger partial charge in [0.05, 0.1) is 18.4 Å². The summed E-state index contributed by atoms with van der Waals surface area (Å²) in [5, 5.41) is 0. The van der Waals surface area contributed by atoms with Gasteiger partial charge in [0.2, 0.25) is 0 Å². The predicted octanol–water partition coefficient (Wildman–Crippen LogP) is 5.84. The van der Waals surface area contributed by atoms with Gasteiger partial charge >= 0.3 is 5.97 Å². The van der Waals surface area contributed by atoms with Gasteiger partial charge in [-0.1, -0.05) is 68.3 Å². The number of rotatable bonds is 8. The van der Waals surface area contributed by atoms with Crippen molar-refractivity contribution in [1.29, 1.82) is 0 Å². The van der Waals surface area contributed by atoms with Gasteiger partial charge in [0.25, 0.3) is 0 Å². The number of unbranched alkanes of at least 4 members (excludes halogenated alkanes) is 2. The number of carbonyl (C=O) groups is 1. The number of nitrogens with zero attached hydrogens (tertiary/aromatic N) is 1. The fourth-order valence-electron chi connectivity index (χ4n) is 2.54. The first-order chi connectivity index (χ1) is 12.2. The summed E-state index contributed by atoms with van der Waals surface area (Å²) in [4.78, 5) is 16.4. The molecule has 0 unspecified atom stereocenters. The largest absolute Gasteiger partial charge is 0.465 e. The number of benzene rings is 2. The summed E-state index contributed by atoms with van der Waals surface area (Å²) in [5.74, 6) is -0.368. The molecule has 0 saturated heterocycles. The lowest BCUT2D eigenvalue weighted by Gasteiger charge is -2.05. The minimum Gasteiger partial charge on any atom is -0.465 e. The molecule has 0 N–H and O–H groups in total. The number of ether oxygens (including phenoxy) is 1. The van der Waals surface area contributed by atoms with E-state index in [9.17, 15) is 4.79 Å². The lowest BCUT2D eigenvalue weighted by atomic mass is 10.0. The number of esters is 1. The Hall–Kier alpha value is -2.68. The molecule has 0 fully saturated rings. The maximum absolute atomic E-state index is 11.9. The summed E-state index contributed by atoms with van der Waals surface area (Å²) >= 11 is 0. The van der Waals surface area contributed by atoms with E-state index in [0.717, 1.165) is 24.0 Å². The van der Waals surface area contributed by atoms with Gasteiger partial charge in [0.15, 0.2) is 0 Å². The second kappa shape index (κ2) is 10.2. The standard InChI is InChI=1S/C22H25NO2/c1-3-4-6-13-19(16-18-11-7-5-8-12-18)17-23-21-15-10-9-14-20(21)22(24)25-2/h5,7-12,14-17H,3-4,6,13H2,1-2H3/b19-16+,23-17+. The normalized spacial score (nSPS) is 11.7. The number of allylic oxidation sites excluding steroid dienone is 1. The Morgan fingerprint density at radius 3 is 2.48 bits per heavy atom. The smallest absolute Gasteiger partial charge is 0.340 e. The lowest BCUT2D eigenvalue weighted by molar-refractivity contribution is 0.0601. The lowest BCUT2D eigenvalue weighted by Crippen LogP contribution is -2.01. The van der Waals surface area contributed by atoms with E-state index < -0.39 is 0 Å². The number of hydrogen-bond acceptors (Lipinski definition) is 3. The Labute approximate surface area is 150 Å². The summed E-state index contributed by atoms with van der Waals surface area (Å²) in [6, 6.07) is 17.5. The van der Waals surface area contributed by atoms with Crippen molar-refractivity contribution in [2.75, 3.05) is 7.11 Å². The molecule has 3 nitrogen and oxygen atoms in total. The van der Waals surface area contributed by atoms with Crippen molar-refractivity contribution in [3.63, 3.8) is 0 Å². The molecule has 2 aromatic rings. The van der Waals surface area contributed by atoms with E-state index in [2.05, 4.69) is 30.1 Å². The number of carbonyl (C=O) groups excluding carboxylic acids is 1. The molecule has 0 aliphatic rings. The van der Waals surface area contributed by atoms with Crippen molar-refractivity contribution in [3.8, 4) is 0 Å².